The summed E-state index contributed by atoms with van der Waals surface area (Å²) in [7, 11) is 2.07. The van der Waals surface area contributed by atoms with Crippen LogP contribution in [0.15, 0.2) is 59.8 Å². The molecule has 3 aromatic rings. The number of aryl methyl sites for hydroxylation is 1. The zero-order chi connectivity index (χ0) is 23.1. The number of nitrogens with one attached hydrogen (secondary N) is 1. The minimum absolute atomic E-state index is 0.0517. The van der Waals surface area contributed by atoms with Crippen molar-refractivity contribution in [2.75, 3.05) is 18.5 Å². The number of rotatable bonds is 9. The zero-order valence-corrected chi connectivity index (χ0v) is 20.4. The Morgan fingerprint density at radius 2 is 1.84 bits per heavy atom. The molecule has 0 radical (unpaired) electrons. The quantitative estimate of drug-likeness (QED) is 0.335. The van der Waals surface area contributed by atoms with Crippen molar-refractivity contribution in [2.24, 2.45) is 0 Å². The summed E-state index contributed by atoms with van der Waals surface area (Å²) >= 11 is 1.60. The molecule has 0 aliphatic rings. The summed E-state index contributed by atoms with van der Waals surface area (Å²) in [6.45, 7) is 9.23. The topological polar surface area (TPSA) is 58.1 Å². The zero-order valence-electron chi connectivity index (χ0n) is 19.6. The van der Waals surface area contributed by atoms with Crippen molar-refractivity contribution in [1.29, 1.82) is 0 Å². The van der Waals surface area contributed by atoms with Gasteiger partial charge in [0, 0.05) is 36.2 Å². The van der Waals surface area contributed by atoms with E-state index in [4.69, 9.17) is 4.98 Å². The lowest BCUT2D eigenvalue weighted by atomic mass is 10.1. The highest BCUT2D eigenvalue weighted by Gasteiger charge is 2.14. The van der Waals surface area contributed by atoms with Crippen LogP contribution >= 0.6 is 11.8 Å². The standard InChI is InChI=1S/C26H32N4OS/c1-6-15-30(5)24-18(2)19(3)28-26(29-24)32-17-21-11-10-14-23(16-21)25(31)27-20(4)22-12-8-7-9-13-22/h7-14,16,20H,6,15,17H2,1-5H3,(H,27,31)/t20-/m1/s1. The van der Waals surface area contributed by atoms with E-state index < -0.39 is 0 Å². The maximum atomic E-state index is 12.8. The molecule has 1 atom stereocenters. The number of carbonyl (C=O) groups excluding carboxylic acids is 1. The minimum Gasteiger partial charge on any atom is -0.359 e. The largest absolute Gasteiger partial charge is 0.359 e. The van der Waals surface area contributed by atoms with Gasteiger partial charge in [-0.3, -0.25) is 4.79 Å². The smallest absolute Gasteiger partial charge is 0.251 e. The van der Waals surface area contributed by atoms with Crippen LogP contribution in [0, 0.1) is 13.8 Å². The Kier molecular flexibility index (Phi) is 8.28. The van der Waals surface area contributed by atoms with Crippen molar-refractivity contribution >= 4 is 23.5 Å². The second kappa shape index (κ2) is 11.1. The van der Waals surface area contributed by atoms with Gasteiger partial charge in [-0.2, -0.15) is 0 Å². The van der Waals surface area contributed by atoms with Crippen molar-refractivity contribution in [1.82, 2.24) is 15.3 Å². The maximum Gasteiger partial charge on any atom is 0.251 e. The first kappa shape index (κ1) is 23.8. The van der Waals surface area contributed by atoms with Crippen molar-refractivity contribution < 1.29 is 4.79 Å². The number of thioether (sulfide) groups is 1. The first-order valence-electron chi connectivity index (χ1n) is 11.0. The van der Waals surface area contributed by atoms with Gasteiger partial charge in [-0.05, 0) is 50.5 Å². The van der Waals surface area contributed by atoms with Crippen LogP contribution in [-0.4, -0.2) is 29.5 Å². The highest BCUT2D eigenvalue weighted by Crippen LogP contribution is 2.26. The van der Waals surface area contributed by atoms with Gasteiger partial charge in [0.2, 0.25) is 0 Å². The van der Waals surface area contributed by atoms with Crippen LogP contribution in [0.1, 0.15) is 59.1 Å². The normalized spacial score (nSPS) is 11.8. The number of aromatic nitrogens is 2. The lowest BCUT2D eigenvalue weighted by Crippen LogP contribution is -2.26. The molecule has 1 heterocycles. The van der Waals surface area contributed by atoms with Gasteiger partial charge in [0.25, 0.3) is 5.91 Å². The number of carbonyl (C=O) groups is 1. The van der Waals surface area contributed by atoms with Crippen LogP contribution in [0.2, 0.25) is 0 Å². The average molecular weight is 449 g/mol. The summed E-state index contributed by atoms with van der Waals surface area (Å²) in [6.07, 6.45) is 1.07. The molecule has 0 saturated carbocycles. The van der Waals surface area contributed by atoms with E-state index in [9.17, 15) is 4.79 Å². The fraction of sp³-hybridized carbons (Fsp3) is 0.346. The summed E-state index contributed by atoms with van der Waals surface area (Å²) in [6, 6.07) is 17.7. The van der Waals surface area contributed by atoms with Gasteiger partial charge in [0.1, 0.15) is 5.82 Å². The van der Waals surface area contributed by atoms with Gasteiger partial charge in [-0.15, -0.1) is 0 Å². The molecule has 5 nitrogen and oxygen atoms in total. The molecule has 0 unspecified atom stereocenters. The van der Waals surface area contributed by atoms with Gasteiger partial charge in [-0.1, -0.05) is 61.2 Å². The molecule has 6 heteroatoms. The Bertz CT molecular complexity index is 1050. The Morgan fingerprint density at radius 3 is 2.56 bits per heavy atom. The van der Waals surface area contributed by atoms with E-state index in [1.54, 1.807) is 11.8 Å². The monoisotopic (exact) mass is 448 g/mol. The molecular weight excluding hydrogens is 416 g/mol. The van der Waals surface area contributed by atoms with Crippen LogP contribution in [-0.2, 0) is 5.75 Å². The summed E-state index contributed by atoms with van der Waals surface area (Å²) < 4.78 is 0. The van der Waals surface area contributed by atoms with Crippen LogP contribution in [0.3, 0.4) is 0 Å². The molecule has 0 spiro atoms. The first-order valence-corrected chi connectivity index (χ1v) is 12.0. The number of benzene rings is 2. The van der Waals surface area contributed by atoms with E-state index in [-0.39, 0.29) is 11.9 Å². The van der Waals surface area contributed by atoms with Gasteiger partial charge in [0.15, 0.2) is 5.16 Å². The third-order valence-electron chi connectivity index (χ3n) is 5.47. The molecule has 3 rings (SSSR count). The van der Waals surface area contributed by atoms with Gasteiger partial charge >= 0.3 is 0 Å². The molecule has 168 valence electrons. The molecule has 0 aliphatic heterocycles. The van der Waals surface area contributed by atoms with Crippen molar-refractivity contribution in [2.45, 2.75) is 51.1 Å². The molecule has 0 saturated heterocycles. The first-order chi connectivity index (χ1) is 15.4. The second-order valence-electron chi connectivity index (χ2n) is 8.06. The summed E-state index contributed by atoms with van der Waals surface area (Å²) in [4.78, 5) is 24.4. The fourth-order valence-electron chi connectivity index (χ4n) is 3.52. The highest BCUT2D eigenvalue weighted by molar-refractivity contribution is 7.98. The third kappa shape index (κ3) is 6.10. The summed E-state index contributed by atoms with van der Waals surface area (Å²) in [5, 5.41) is 3.85. The fourth-order valence-corrected chi connectivity index (χ4v) is 4.35. The molecule has 1 N–H and O–H groups in total. The number of amides is 1. The Hall–Kier alpha value is -2.86. The molecule has 32 heavy (non-hydrogen) atoms. The predicted octanol–water partition coefficient (Wildman–Crippen LogP) is 5.72. The summed E-state index contributed by atoms with van der Waals surface area (Å²) in [5.41, 5.74) is 4.94. The third-order valence-corrected chi connectivity index (χ3v) is 6.39. The Labute approximate surface area is 195 Å². The molecular formula is C26H32N4OS. The van der Waals surface area contributed by atoms with Crippen LogP contribution < -0.4 is 10.2 Å². The van der Waals surface area contributed by atoms with E-state index in [1.165, 1.54) is 0 Å². The average Bonchev–Trinajstić information content (AvgIpc) is 2.80. The predicted molar refractivity (Wildman–Crippen MR) is 133 cm³/mol. The molecule has 0 bridgehead atoms. The number of hydrogen-bond acceptors (Lipinski definition) is 5. The number of anilines is 1. The summed E-state index contributed by atoms with van der Waals surface area (Å²) in [5.74, 6) is 1.62. The SMILES string of the molecule is CCCN(C)c1nc(SCc2cccc(C(=O)N[C@H](C)c3ccccc3)c2)nc(C)c1C. The van der Waals surface area contributed by atoms with Crippen molar-refractivity contribution in [3.05, 3.63) is 82.5 Å². The highest BCUT2D eigenvalue weighted by atomic mass is 32.2. The van der Waals surface area contributed by atoms with E-state index >= 15 is 0 Å². The van der Waals surface area contributed by atoms with E-state index in [0.717, 1.165) is 46.3 Å². The molecule has 1 aromatic heterocycles. The van der Waals surface area contributed by atoms with E-state index in [1.807, 2.05) is 68.4 Å². The van der Waals surface area contributed by atoms with Crippen molar-refractivity contribution in [3.63, 3.8) is 0 Å². The Morgan fingerprint density at radius 1 is 1.09 bits per heavy atom. The van der Waals surface area contributed by atoms with Crippen LogP contribution in [0.5, 0.6) is 0 Å². The molecule has 0 fully saturated rings. The second-order valence-corrected chi connectivity index (χ2v) is 9.00. The van der Waals surface area contributed by atoms with E-state index in [2.05, 4.69) is 36.1 Å². The molecule has 0 aliphatic carbocycles. The minimum atomic E-state index is -0.0703. The van der Waals surface area contributed by atoms with Crippen LogP contribution in [0.4, 0.5) is 5.82 Å². The van der Waals surface area contributed by atoms with E-state index in [0.29, 0.717) is 11.3 Å². The van der Waals surface area contributed by atoms with Crippen molar-refractivity contribution in [3.8, 4) is 0 Å². The molecule has 2 aromatic carbocycles. The number of hydrogen-bond donors (Lipinski definition) is 1. The van der Waals surface area contributed by atoms with Gasteiger partial charge in [-0.25, -0.2) is 9.97 Å². The van der Waals surface area contributed by atoms with Gasteiger partial charge in [0.05, 0.1) is 6.04 Å². The van der Waals surface area contributed by atoms with Gasteiger partial charge < -0.3 is 10.2 Å². The van der Waals surface area contributed by atoms with Crippen LogP contribution in [0.25, 0.3) is 0 Å². The number of nitrogens with zero attached hydrogens (tertiary/aromatic N) is 3. The Balaban J connectivity index is 1.68. The molecule has 1 amide bonds. The maximum absolute atomic E-state index is 12.8. The lowest BCUT2D eigenvalue weighted by Gasteiger charge is -2.20. The lowest BCUT2D eigenvalue weighted by molar-refractivity contribution is 0.0940.